The molecule has 0 atom stereocenters. The number of halogens is 10. The molecule has 6 rings (SSSR count). The van der Waals surface area contributed by atoms with Crippen LogP contribution in [0.3, 0.4) is 0 Å². The largest absolute Gasteiger partial charge is 0.497 e. The Bertz CT molecular complexity index is 2430. The van der Waals surface area contributed by atoms with Gasteiger partial charge in [-0.05, 0) is 58.7 Å². The van der Waals surface area contributed by atoms with Gasteiger partial charge >= 0.3 is 12.4 Å². The van der Waals surface area contributed by atoms with E-state index in [1.807, 2.05) is 0 Å². The fourth-order valence-electron chi connectivity index (χ4n) is 5.89. The van der Waals surface area contributed by atoms with Crippen molar-refractivity contribution >= 4 is 33.4 Å². The smallest absolute Gasteiger partial charge is 0.435 e. The van der Waals surface area contributed by atoms with E-state index in [-0.39, 0.29) is 57.7 Å². The molecule has 2 heterocycles. The molecule has 1 N–H and O–H groups in total. The number of aromatic nitrogens is 4. The number of benzene rings is 4. The summed E-state index contributed by atoms with van der Waals surface area (Å²) in [6.07, 6.45) is -10.6. The van der Waals surface area contributed by atoms with E-state index in [1.165, 1.54) is 75.8 Å². The van der Waals surface area contributed by atoms with Crippen molar-refractivity contribution in [3.05, 3.63) is 141 Å². The van der Waals surface area contributed by atoms with Gasteiger partial charge in [0, 0.05) is 43.0 Å². The van der Waals surface area contributed by atoms with Crippen LogP contribution in [0.25, 0.3) is 22.3 Å². The van der Waals surface area contributed by atoms with E-state index in [2.05, 4.69) is 31.4 Å². The van der Waals surface area contributed by atoms with Crippen molar-refractivity contribution in [1.29, 1.82) is 0 Å². The van der Waals surface area contributed by atoms with Gasteiger partial charge in [0.15, 0.2) is 11.4 Å². The molecule has 0 radical (unpaired) electrons. The molecule has 8 nitrogen and oxygen atoms in total. The fraction of sp³-hybridized carbons (Fsp3) is 0.200. The summed E-state index contributed by atoms with van der Waals surface area (Å²) in [7, 11) is 4.04. The van der Waals surface area contributed by atoms with Gasteiger partial charge in [0.05, 0.1) is 24.8 Å². The average molecular weight is 881 g/mol. The minimum Gasteiger partial charge on any atom is -0.497 e. The van der Waals surface area contributed by atoms with Crippen molar-refractivity contribution in [3.63, 3.8) is 0 Å². The number of carbonyl (C=O) groups is 2. The summed E-state index contributed by atoms with van der Waals surface area (Å²) in [5.74, 6) is -3.08. The third-order valence-electron chi connectivity index (χ3n) is 8.60. The summed E-state index contributed by atoms with van der Waals surface area (Å²) < 4.78 is 130. The van der Waals surface area contributed by atoms with E-state index in [9.17, 15) is 49.1 Å². The minimum atomic E-state index is -4.74. The zero-order valence-electron chi connectivity index (χ0n) is 30.6. The monoisotopic (exact) mass is 879 g/mol. The lowest BCUT2D eigenvalue weighted by atomic mass is 9.97. The van der Waals surface area contributed by atoms with Gasteiger partial charge in [-0.1, -0.05) is 64.5 Å². The number of methoxy groups -OCH3 is 1. The molecule has 6 aromatic rings. The molecule has 0 fully saturated rings. The maximum absolute atomic E-state index is 13.8. The Morgan fingerprint density at radius 1 is 0.690 bits per heavy atom. The van der Waals surface area contributed by atoms with Crippen LogP contribution < -0.4 is 10.1 Å². The van der Waals surface area contributed by atoms with Gasteiger partial charge in [-0.2, -0.15) is 36.5 Å². The number of aryl methyl sites for hydroxylation is 2. The first-order valence-corrected chi connectivity index (χ1v) is 17.7. The summed E-state index contributed by atoms with van der Waals surface area (Å²) in [6.45, 7) is 0. The highest BCUT2D eigenvalue weighted by molar-refractivity contribution is 9.10. The number of ether oxygens (including phenoxy) is 1. The number of amides is 1. The van der Waals surface area contributed by atoms with Crippen LogP contribution in [0, 0.1) is 17.5 Å². The lowest BCUT2D eigenvalue weighted by Gasteiger charge is -2.11. The Morgan fingerprint density at radius 2 is 1.24 bits per heavy atom. The van der Waals surface area contributed by atoms with Gasteiger partial charge in [0.2, 0.25) is 5.91 Å². The van der Waals surface area contributed by atoms with Crippen molar-refractivity contribution in [2.75, 3.05) is 12.4 Å². The molecule has 0 spiro atoms. The SMILES string of the molecule is COc1ccc(-c2c(C(F)(F)F)nn(C)c2CC(=O)Cc2ccc(F)cc2F)cc1.Cn1nc(C(F)(F)F)c(-c2ccc(Br)cc2)c1NC(=O)Cc1ccccc1F. The molecule has 58 heavy (non-hydrogen) atoms. The van der Waals surface area contributed by atoms with Crippen LogP contribution in [0.5, 0.6) is 5.75 Å². The van der Waals surface area contributed by atoms with Crippen LogP contribution in [-0.2, 0) is 55.3 Å². The normalized spacial score (nSPS) is 11.5. The lowest BCUT2D eigenvalue weighted by molar-refractivity contribution is -0.141. The predicted octanol–water partition coefficient (Wildman–Crippen LogP) is 9.94. The molecule has 0 aliphatic heterocycles. The first kappa shape index (κ1) is 43.2. The number of Topliss-reactive ketones (excluding diaryl/α,β-unsaturated/α-hetero) is 1. The number of ketones is 1. The Morgan fingerprint density at radius 3 is 1.83 bits per heavy atom. The third-order valence-corrected chi connectivity index (χ3v) is 9.12. The molecule has 0 aliphatic carbocycles. The van der Waals surface area contributed by atoms with Crippen LogP contribution in [0.2, 0.25) is 0 Å². The molecule has 0 aliphatic rings. The molecular weight excluding hydrogens is 849 g/mol. The first-order chi connectivity index (χ1) is 27.3. The van der Waals surface area contributed by atoms with Gasteiger partial charge in [0.1, 0.15) is 34.8 Å². The van der Waals surface area contributed by atoms with Crippen molar-refractivity contribution in [2.45, 2.75) is 31.6 Å². The fourth-order valence-corrected chi connectivity index (χ4v) is 6.16. The number of hydrogen-bond donors (Lipinski definition) is 1. The molecule has 1 amide bonds. The quantitative estimate of drug-likeness (QED) is 0.139. The standard InChI is InChI=1S/C21H17F5N2O2.C19H14BrF4N3O/c1-28-18(11-15(29)9-13-3-6-14(22)10-17(13)23)19(20(27-28)21(24,25)26)12-4-7-16(30-2)8-5-12;1-27-18(25-15(28)10-12-4-2-3-5-14(12)21)16(17(26-27)19(22,23)24)11-6-8-13(20)9-7-11/h3-8,10H,9,11H2,1-2H3;2-9H,10H2,1H3,(H,25,28). The predicted molar refractivity (Wildman–Crippen MR) is 199 cm³/mol. The topological polar surface area (TPSA) is 91.0 Å². The number of carbonyl (C=O) groups excluding carboxylic acids is 2. The molecule has 304 valence electrons. The lowest BCUT2D eigenvalue weighted by Crippen LogP contribution is -2.18. The van der Waals surface area contributed by atoms with Crippen molar-refractivity contribution in [3.8, 4) is 28.0 Å². The second kappa shape index (κ2) is 17.7. The van der Waals surface area contributed by atoms with Crippen LogP contribution in [-0.4, -0.2) is 38.4 Å². The van der Waals surface area contributed by atoms with E-state index in [1.54, 1.807) is 18.2 Å². The number of rotatable bonds is 10. The molecule has 0 saturated carbocycles. The number of anilines is 1. The Kier molecular flexibility index (Phi) is 13.2. The van der Waals surface area contributed by atoms with Crippen LogP contribution in [0.1, 0.15) is 28.2 Å². The highest BCUT2D eigenvalue weighted by atomic mass is 79.9. The molecule has 0 saturated heterocycles. The second-order valence-electron chi connectivity index (χ2n) is 12.7. The second-order valence-corrected chi connectivity index (χ2v) is 13.6. The minimum absolute atomic E-state index is 0.0365. The van der Waals surface area contributed by atoms with E-state index < -0.39 is 59.3 Å². The first-order valence-electron chi connectivity index (χ1n) is 16.9. The van der Waals surface area contributed by atoms with Crippen LogP contribution in [0.15, 0.2) is 95.5 Å². The van der Waals surface area contributed by atoms with Gasteiger partial charge in [-0.15, -0.1) is 0 Å². The maximum Gasteiger partial charge on any atom is 0.435 e. The van der Waals surface area contributed by atoms with E-state index >= 15 is 0 Å². The summed E-state index contributed by atoms with van der Waals surface area (Å²) in [5, 5.41) is 9.57. The summed E-state index contributed by atoms with van der Waals surface area (Å²) in [6, 6.07) is 20.6. The molecule has 2 aromatic heterocycles. The number of nitrogens with one attached hydrogen (secondary N) is 1. The van der Waals surface area contributed by atoms with Gasteiger partial charge in [-0.25, -0.2) is 13.2 Å². The highest BCUT2D eigenvalue weighted by Gasteiger charge is 2.41. The van der Waals surface area contributed by atoms with Crippen molar-refractivity contribution < 1.29 is 53.8 Å². The number of alkyl halides is 6. The van der Waals surface area contributed by atoms with E-state index in [4.69, 9.17) is 4.74 Å². The zero-order valence-corrected chi connectivity index (χ0v) is 32.2. The Balaban J connectivity index is 0.000000221. The average Bonchev–Trinajstić information content (AvgIpc) is 3.67. The summed E-state index contributed by atoms with van der Waals surface area (Å²) in [5.41, 5.74) is -2.10. The molecule has 18 heteroatoms. The molecule has 4 aromatic carbocycles. The summed E-state index contributed by atoms with van der Waals surface area (Å²) in [4.78, 5) is 24.9. The number of hydrogen-bond acceptors (Lipinski definition) is 5. The van der Waals surface area contributed by atoms with Gasteiger partial charge < -0.3 is 10.1 Å². The van der Waals surface area contributed by atoms with E-state index in [0.29, 0.717) is 16.3 Å². The maximum atomic E-state index is 13.8. The van der Waals surface area contributed by atoms with Gasteiger partial charge in [0.25, 0.3) is 0 Å². The third kappa shape index (κ3) is 10.3. The van der Waals surface area contributed by atoms with Crippen LogP contribution >= 0.6 is 15.9 Å². The molecule has 0 unspecified atom stereocenters. The van der Waals surface area contributed by atoms with Crippen molar-refractivity contribution in [1.82, 2.24) is 19.6 Å². The molecular formula is C40H31BrF9N5O3. The van der Waals surface area contributed by atoms with Gasteiger partial charge in [-0.3, -0.25) is 19.0 Å². The van der Waals surface area contributed by atoms with Crippen molar-refractivity contribution in [2.24, 2.45) is 14.1 Å². The van der Waals surface area contributed by atoms with Crippen LogP contribution in [0.4, 0.5) is 45.3 Å². The highest BCUT2D eigenvalue weighted by Crippen LogP contribution is 2.42. The zero-order chi connectivity index (χ0) is 42.5. The van der Waals surface area contributed by atoms with E-state index in [0.717, 1.165) is 21.5 Å². The number of nitrogens with zero attached hydrogens (tertiary/aromatic N) is 4. The Labute approximate surface area is 333 Å². The Hall–Kier alpha value is -5.91. The molecule has 0 bridgehead atoms. The summed E-state index contributed by atoms with van der Waals surface area (Å²) >= 11 is 3.24.